The number of halogens is 9. The molecule has 3 aromatic rings. The number of anilines is 1. The Kier molecular flexibility index (Phi) is 6.41. The van der Waals surface area contributed by atoms with Gasteiger partial charge in [-0.15, -0.1) is 11.8 Å². The molecule has 0 aliphatic rings. The van der Waals surface area contributed by atoms with Crippen LogP contribution in [0, 0.1) is 0 Å². The van der Waals surface area contributed by atoms with Crippen molar-refractivity contribution in [3.63, 3.8) is 0 Å². The zero-order chi connectivity index (χ0) is 25.6. The molecule has 0 saturated heterocycles. The number of thioether (sulfide) groups is 1. The molecule has 14 heteroatoms. The molecule has 2 N–H and O–H groups in total. The van der Waals surface area contributed by atoms with E-state index in [9.17, 15) is 44.3 Å². The first kappa shape index (κ1) is 25.5. The normalized spacial score (nSPS) is 12.8. The van der Waals surface area contributed by atoms with Gasteiger partial charge in [0, 0.05) is 10.5 Å². The van der Waals surface area contributed by atoms with Crippen LogP contribution in [-0.2, 0) is 18.5 Å². The highest BCUT2D eigenvalue weighted by Crippen LogP contribution is 2.42. The van der Waals surface area contributed by atoms with Crippen molar-refractivity contribution in [1.82, 2.24) is 9.55 Å². The van der Waals surface area contributed by atoms with Crippen LogP contribution in [0.15, 0.2) is 52.2 Å². The minimum atomic E-state index is -5.43. The third-order valence-corrected chi connectivity index (χ3v) is 5.35. The summed E-state index contributed by atoms with van der Waals surface area (Å²) < 4.78 is 121. The summed E-state index contributed by atoms with van der Waals surface area (Å²) in [5.74, 6) is -1.18. The molecule has 182 valence electrons. The van der Waals surface area contributed by atoms with Crippen LogP contribution in [0.25, 0.3) is 17.1 Å². The smallest absolute Gasteiger partial charge is 0.392 e. The van der Waals surface area contributed by atoms with Crippen molar-refractivity contribution >= 4 is 17.4 Å². The number of hydrogen-bond acceptors (Lipinski definition) is 4. The molecule has 0 bridgehead atoms. The molecule has 1 aromatic heterocycles. The predicted octanol–water partition coefficient (Wildman–Crippen LogP) is 6.26. The molecule has 0 radical (unpaired) electrons. The predicted molar refractivity (Wildman–Crippen MR) is 106 cm³/mol. The second kappa shape index (κ2) is 8.56. The van der Waals surface area contributed by atoms with Crippen molar-refractivity contribution in [3.8, 4) is 17.1 Å². The number of nitrogens with two attached hydrogens (primary N) is 1. The van der Waals surface area contributed by atoms with Gasteiger partial charge in [0.1, 0.15) is 11.5 Å². The lowest BCUT2D eigenvalue weighted by molar-refractivity contribution is -0.142. The Morgan fingerprint density at radius 1 is 0.853 bits per heavy atom. The number of nitrogens with zero attached hydrogens (tertiary/aromatic N) is 2. The second-order valence-electron chi connectivity index (χ2n) is 6.79. The van der Waals surface area contributed by atoms with E-state index < -0.39 is 58.0 Å². The monoisotopic (exact) mass is 513 g/mol. The van der Waals surface area contributed by atoms with E-state index in [0.717, 1.165) is 0 Å². The van der Waals surface area contributed by atoms with Crippen LogP contribution in [-0.4, -0.2) is 15.8 Å². The number of alkyl halides is 9. The Morgan fingerprint density at radius 3 is 1.91 bits per heavy atom. The van der Waals surface area contributed by atoms with Gasteiger partial charge in [-0.2, -0.15) is 39.5 Å². The van der Waals surface area contributed by atoms with Crippen LogP contribution in [0.5, 0.6) is 0 Å². The molecule has 0 spiro atoms. The Bertz CT molecular complexity index is 1280. The van der Waals surface area contributed by atoms with Crippen LogP contribution < -0.4 is 11.3 Å². The first-order chi connectivity index (χ1) is 15.6. The summed E-state index contributed by atoms with van der Waals surface area (Å²) in [5, 5.41) is 0. The van der Waals surface area contributed by atoms with Crippen molar-refractivity contribution in [1.29, 1.82) is 0 Å². The fourth-order valence-corrected chi connectivity index (χ4v) is 3.46. The van der Waals surface area contributed by atoms with Gasteiger partial charge in [-0.3, -0.25) is 9.36 Å². The van der Waals surface area contributed by atoms with Crippen molar-refractivity contribution in [2.75, 3.05) is 12.0 Å². The number of rotatable bonds is 3. The van der Waals surface area contributed by atoms with Crippen LogP contribution in [0.2, 0.25) is 0 Å². The van der Waals surface area contributed by atoms with Crippen molar-refractivity contribution in [3.05, 3.63) is 69.6 Å². The highest BCUT2D eigenvalue weighted by Gasteiger charge is 2.41. The molecule has 0 aliphatic carbocycles. The number of aromatic nitrogens is 2. The van der Waals surface area contributed by atoms with Crippen LogP contribution >= 0.6 is 11.8 Å². The van der Waals surface area contributed by atoms with E-state index in [1.165, 1.54) is 36.0 Å². The van der Waals surface area contributed by atoms with Gasteiger partial charge in [-0.1, -0.05) is 6.07 Å². The Labute approximate surface area is 189 Å². The average Bonchev–Trinajstić information content (AvgIpc) is 2.73. The van der Waals surface area contributed by atoms with E-state index >= 15 is 0 Å². The average molecular weight is 513 g/mol. The Balaban J connectivity index is 2.47. The quantitative estimate of drug-likeness (QED) is 0.332. The SMILES string of the molecule is CSc1ccc(-n2c(-c3ccc(C(F)(F)F)cc3C(F)(F)F)nc(C(F)(F)F)c(N)c2=O)cc1. The van der Waals surface area contributed by atoms with E-state index in [-0.39, 0.29) is 17.8 Å². The van der Waals surface area contributed by atoms with Gasteiger partial charge in [0.2, 0.25) is 0 Å². The van der Waals surface area contributed by atoms with Crippen molar-refractivity contribution < 1.29 is 39.5 Å². The van der Waals surface area contributed by atoms with Gasteiger partial charge in [0.25, 0.3) is 5.56 Å². The summed E-state index contributed by atoms with van der Waals surface area (Å²) in [6, 6.07) is 5.62. The number of nitrogen functional groups attached to an aromatic ring is 1. The lowest BCUT2D eigenvalue weighted by atomic mass is 10.0. The van der Waals surface area contributed by atoms with Crippen LogP contribution in [0.3, 0.4) is 0 Å². The fraction of sp³-hybridized carbons (Fsp3) is 0.200. The topological polar surface area (TPSA) is 60.9 Å². The Hall–Kier alpha value is -3.16. The van der Waals surface area contributed by atoms with E-state index in [1.54, 1.807) is 6.26 Å². The molecule has 0 aliphatic heterocycles. The molecular formula is C20H12F9N3OS. The highest BCUT2D eigenvalue weighted by molar-refractivity contribution is 7.98. The van der Waals surface area contributed by atoms with Gasteiger partial charge in [0.05, 0.1) is 16.8 Å². The summed E-state index contributed by atoms with van der Waals surface area (Å²) in [6.45, 7) is 0. The van der Waals surface area contributed by atoms with E-state index in [4.69, 9.17) is 5.73 Å². The maximum Gasteiger partial charge on any atom is 0.435 e. The van der Waals surface area contributed by atoms with Gasteiger partial charge >= 0.3 is 18.5 Å². The number of hydrogen-bond donors (Lipinski definition) is 1. The third-order valence-electron chi connectivity index (χ3n) is 4.61. The third kappa shape index (κ3) is 4.86. The largest absolute Gasteiger partial charge is 0.435 e. The second-order valence-corrected chi connectivity index (χ2v) is 7.67. The van der Waals surface area contributed by atoms with E-state index in [1.807, 2.05) is 0 Å². The molecule has 0 fully saturated rings. The van der Waals surface area contributed by atoms with Gasteiger partial charge in [0.15, 0.2) is 5.69 Å². The van der Waals surface area contributed by atoms with Crippen LogP contribution in [0.4, 0.5) is 45.2 Å². The highest BCUT2D eigenvalue weighted by atomic mass is 32.2. The van der Waals surface area contributed by atoms with E-state index in [2.05, 4.69) is 4.98 Å². The maximum atomic E-state index is 13.7. The minimum Gasteiger partial charge on any atom is -0.392 e. The zero-order valence-electron chi connectivity index (χ0n) is 16.7. The molecule has 2 aromatic carbocycles. The van der Waals surface area contributed by atoms with Crippen molar-refractivity contribution in [2.45, 2.75) is 23.4 Å². The minimum absolute atomic E-state index is 0.196. The van der Waals surface area contributed by atoms with E-state index in [0.29, 0.717) is 15.5 Å². The first-order valence-electron chi connectivity index (χ1n) is 8.98. The zero-order valence-corrected chi connectivity index (χ0v) is 17.5. The molecule has 0 atom stereocenters. The maximum absolute atomic E-state index is 13.7. The molecule has 3 rings (SSSR count). The van der Waals surface area contributed by atoms with Crippen molar-refractivity contribution in [2.24, 2.45) is 0 Å². The molecule has 4 nitrogen and oxygen atoms in total. The molecule has 0 saturated carbocycles. The molecule has 34 heavy (non-hydrogen) atoms. The molecule has 0 unspecified atom stereocenters. The van der Waals surface area contributed by atoms with Crippen LogP contribution in [0.1, 0.15) is 16.8 Å². The Morgan fingerprint density at radius 2 is 1.44 bits per heavy atom. The summed E-state index contributed by atoms with van der Waals surface area (Å²) in [6.07, 6.45) is -14.2. The fourth-order valence-electron chi connectivity index (χ4n) is 3.05. The summed E-state index contributed by atoms with van der Waals surface area (Å²) in [5.41, 5.74) is -4.54. The van der Waals surface area contributed by atoms with Gasteiger partial charge < -0.3 is 5.73 Å². The van der Waals surface area contributed by atoms with Gasteiger partial charge in [-0.25, -0.2) is 4.98 Å². The van der Waals surface area contributed by atoms with Gasteiger partial charge in [-0.05, 0) is 42.7 Å². The molecular weight excluding hydrogens is 501 g/mol. The standard InChI is InChI=1S/C20H12F9N3OS/c1-34-11-5-3-10(4-6-11)32-16(31-15(20(27,28)29)14(30)17(32)33)12-7-2-9(18(21,22)23)8-13(12)19(24,25)26/h2-8H,30H2,1H3. The summed E-state index contributed by atoms with van der Waals surface area (Å²) >= 11 is 1.26. The number of benzene rings is 2. The summed E-state index contributed by atoms with van der Waals surface area (Å²) in [4.78, 5) is 16.6. The molecule has 1 heterocycles. The summed E-state index contributed by atoms with van der Waals surface area (Å²) in [7, 11) is 0. The lowest BCUT2D eigenvalue weighted by Gasteiger charge is -2.20. The lowest BCUT2D eigenvalue weighted by Crippen LogP contribution is -2.30. The first-order valence-corrected chi connectivity index (χ1v) is 10.2. The molecule has 0 amide bonds.